The Morgan fingerprint density at radius 1 is 1.03 bits per heavy atom. The average molecular weight is 489 g/mol. The average Bonchev–Trinajstić information content (AvgIpc) is 2.83. The van der Waals surface area contributed by atoms with Gasteiger partial charge in [-0.25, -0.2) is 8.42 Å². The summed E-state index contributed by atoms with van der Waals surface area (Å²) in [4.78, 5) is 13.4. The van der Waals surface area contributed by atoms with Crippen molar-refractivity contribution in [3.63, 3.8) is 0 Å². The largest absolute Gasteiger partial charge is 0.497 e. The molecule has 34 heavy (non-hydrogen) atoms. The molecule has 0 spiro atoms. The van der Waals surface area contributed by atoms with Crippen molar-refractivity contribution in [1.82, 2.24) is 9.62 Å². The standard InChI is InChI=1S/C25H32N2O6S/c1-25(2)16-22(21-15-19(32-4)7-10-23(21)33-25)26-24(28)17-11-13-27(14-12-17)34(29,30)20-8-5-18(31-3)6-9-20/h5-10,15,17,22H,11-14,16H2,1-4H3,(H,26,28). The number of hydrogen-bond donors (Lipinski definition) is 1. The number of carbonyl (C=O) groups excluding carboxylic acids is 1. The van der Waals surface area contributed by atoms with E-state index >= 15 is 0 Å². The van der Waals surface area contributed by atoms with Gasteiger partial charge in [0.1, 0.15) is 22.8 Å². The monoisotopic (exact) mass is 488 g/mol. The number of nitrogens with one attached hydrogen (secondary N) is 1. The summed E-state index contributed by atoms with van der Waals surface area (Å²) in [6.07, 6.45) is 1.57. The van der Waals surface area contributed by atoms with Crippen LogP contribution in [0.3, 0.4) is 0 Å². The first kappa shape index (κ1) is 24.3. The molecule has 8 nitrogen and oxygen atoms in total. The zero-order chi connectivity index (χ0) is 24.5. The molecule has 1 unspecified atom stereocenters. The molecule has 184 valence electrons. The minimum absolute atomic E-state index is 0.0574. The fourth-order valence-corrected chi connectivity index (χ4v) is 6.10. The molecule has 1 fully saturated rings. The van der Waals surface area contributed by atoms with Gasteiger partial charge >= 0.3 is 0 Å². The van der Waals surface area contributed by atoms with Crippen molar-refractivity contribution in [2.45, 2.75) is 49.6 Å². The van der Waals surface area contributed by atoms with E-state index in [1.165, 1.54) is 11.4 Å². The Morgan fingerprint density at radius 2 is 1.65 bits per heavy atom. The van der Waals surface area contributed by atoms with Crippen molar-refractivity contribution in [1.29, 1.82) is 0 Å². The van der Waals surface area contributed by atoms with Crippen molar-refractivity contribution in [3.05, 3.63) is 48.0 Å². The zero-order valence-electron chi connectivity index (χ0n) is 20.0. The number of fused-ring (bicyclic) bond motifs is 1. The van der Waals surface area contributed by atoms with E-state index in [0.717, 1.165) is 11.3 Å². The smallest absolute Gasteiger partial charge is 0.243 e. The number of nitrogens with zero attached hydrogens (tertiary/aromatic N) is 1. The highest BCUT2D eigenvalue weighted by atomic mass is 32.2. The van der Waals surface area contributed by atoms with Crippen molar-refractivity contribution >= 4 is 15.9 Å². The number of rotatable bonds is 6. The number of methoxy groups -OCH3 is 2. The van der Waals surface area contributed by atoms with Gasteiger partial charge in [-0.15, -0.1) is 0 Å². The third kappa shape index (κ3) is 5.00. The van der Waals surface area contributed by atoms with Gasteiger partial charge in [0.05, 0.1) is 25.2 Å². The van der Waals surface area contributed by atoms with Crippen LogP contribution in [0.15, 0.2) is 47.4 Å². The number of carbonyl (C=O) groups is 1. The Kier molecular flexibility index (Phi) is 6.78. The molecule has 2 aromatic carbocycles. The van der Waals surface area contributed by atoms with E-state index in [1.807, 2.05) is 32.0 Å². The topological polar surface area (TPSA) is 94.2 Å². The van der Waals surface area contributed by atoms with Crippen molar-refractivity contribution in [3.8, 4) is 17.2 Å². The van der Waals surface area contributed by atoms with Crippen LogP contribution < -0.4 is 19.5 Å². The summed E-state index contributed by atoms with van der Waals surface area (Å²) in [5.74, 6) is 1.74. The number of hydrogen-bond acceptors (Lipinski definition) is 6. The molecule has 2 aliphatic rings. The molecular formula is C25H32N2O6S. The molecular weight excluding hydrogens is 456 g/mol. The predicted molar refractivity (Wildman–Crippen MR) is 128 cm³/mol. The fourth-order valence-electron chi connectivity index (χ4n) is 4.63. The lowest BCUT2D eigenvalue weighted by Gasteiger charge is -2.39. The second kappa shape index (κ2) is 9.46. The van der Waals surface area contributed by atoms with Crippen LogP contribution in [0.5, 0.6) is 17.2 Å². The number of ether oxygens (including phenoxy) is 3. The van der Waals surface area contributed by atoms with Crippen molar-refractivity contribution in [2.24, 2.45) is 5.92 Å². The Hall–Kier alpha value is -2.78. The Morgan fingerprint density at radius 3 is 2.26 bits per heavy atom. The van der Waals surface area contributed by atoms with Gasteiger partial charge in [0.25, 0.3) is 0 Å². The summed E-state index contributed by atoms with van der Waals surface area (Å²) in [6.45, 7) is 4.61. The van der Waals surface area contributed by atoms with Crippen LogP contribution in [-0.2, 0) is 14.8 Å². The second-order valence-corrected chi connectivity index (χ2v) is 11.3. The van der Waals surface area contributed by atoms with E-state index in [9.17, 15) is 13.2 Å². The van der Waals surface area contributed by atoms with Crippen LogP contribution >= 0.6 is 0 Å². The maximum Gasteiger partial charge on any atom is 0.243 e. The van der Waals surface area contributed by atoms with Gasteiger partial charge in [-0.05, 0) is 69.2 Å². The highest BCUT2D eigenvalue weighted by Crippen LogP contribution is 2.41. The molecule has 2 aromatic rings. The first-order chi connectivity index (χ1) is 16.1. The first-order valence-electron chi connectivity index (χ1n) is 11.4. The maximum atomic E-state index is 13.2. The normalized spacial score (nSPS) is 20.6. The van der Waals surface area contributed by atoms with E-state index in [-0.39, 0.29) is 22.8 Å². The summed E-state index contributed by atoms with van der Waals surface area (Å²) in [5, 5.41) is 3.19. The van der Waals surface area contributed by atoms with Crippen LogP contribution in [0.2, 0.25) is 0 Å². The van der Waals surface area contributed by atoms with Crippen LogP contribution in [0.1, 0.15) is 44.7 Å². The quantitative estimate of drug-likeness (QED) is 0.669. The summed E-state index contributed by atoms with van der Waals surface area (Å²) < 4.78 is 44.0. The molecule has 1 saturated heterocycles. The highest BCUT2D eigenvalue weighted by Gasteiger charge is 2.37. The second-order valence-electron chi connectivity index (χ2n) is 9.38. The third-order valence-electron chi connectivity index (χ3n) is 6.51. The Labute approximate surface area is 201 Å². The van der Waals surface area contributed by atoms with Crippen molar-refractivity contribution in [2.75, 3.05) is 27.3 Å². The lowest BCUT2D eigenvalue weighted by molar-refractivity contribution is -0.127. The molecule has 1 atom stereocenters. The minimum atomic E-state index is -3.61. The molecule has 0 aliphatic carbocycles. The SMILES string of the molecule is COc1ccc(S(=O)(=O)N2CCC(C(=O)NC3CC(C)(C)Oc4ccc(OC)cc43)CC2)cc1. The van der Waals surface area contributed by atoms with E-state index in [0.29, 0.717) is 43.9 Å². The van der Waals surface area contributed by atoms with Crippen molar-refractivity contribution < 1.29 is 27.4 Å². The Bertz CT molecular complexity index is 1140. The number of benzene rings is 2. The molecule has 0 radical (unpaired) electrons. The number of amides is 1. The van der Waals surface area contributed by atoms with Crippen LogP contribution in [0.25, 0.3) is 0 Å². The van der Waals surface area contributed by atoms with Gasteiger partial charge in [-0.3, -0.25) is 4.79 Å². The van der Waals surface area contributed by atoms with Crippen LogP contribution in [0.4, 0.5) is 0 Å². The maximum absolute atomic E-state index is 13.2. The van der Waals surface area contributed by atoms with Gasteiger partial charge in [-0.1, -0.05) is 0 Å². The molecule has 9 heteroatoms. The molecule has 1 amide bonds. The zero-order valence-corrected chi connectivity index (χ0v) is 20.9. The minimum Gasteiger partial charge on any atom is -0.497 e. The summed E-state index contributed by atoms with van der Waals surface area (Å²) >= 11 is 0. The van der Waals surface area contributed by atoms with E-state index < -0.39 is 15.6 Å². The van der Waals surface area contributed by atoms with E-state index in [1.54, 1.807) is 31.4 Å². The van der Waals surface area contributed by atoms with Gasteiger partial charge < -0.3 is 19.5 Å². The van der Waals surface area contributed by atoms with E-state index in [2.05, 4.69) is 5.32 Å². The molecule has 0 saturated carbocycles. The molecule has 4 rings (SSSR count). The van der Waals surface area contributed by atoms with Gasteiger partial charge in [0, 0.05) is 31.0 Å². The Balaban J connectivity index is 1.42. The third-order valence-corrected chi connectivity index (χ3v) is 8.43. The number of sulfonamides is 1. The van der Waals surface area contributed by atoms with Gasteiger partial charge in [0.2, 0.25) is 15.9 Å². The lowest BCUT2D eigenvalue weighted by Crippen LogP contribution is -2.46. The fraction of sp³-hybridized carbons (Fsp3) is 0.480. The first-order valence-corrected chi connectivity index (χ1v) is 12.9. The summed E-state index contributed by atoms with van der Waals surface area (Å²) in [5.41, 5.74) is 0.474. The molecule has 0 bridgehead atoms. The van der Waals surface area contributed by atoms with Gasteiger partial charge in [-0.2, -0.15) is 4.31 Å². The molecule has 0 aromatic heterocycles. The summed E-state index contributed by atoms with van der Waals surface area (Å²) in [7, 11) is -0.465. The molecule has 2 aliphatic heterocycles. The highest BCUT2D eigenvalue weighted by molar-refractivity contribution is 7.89. The van der Waals surface area contributed by atoms with Crippen LogP contribution in [0, 0.1) is 5.92 Å². The number of piperidine rings is 1. The van der Waals surface area contributed by atoms with Gasteiger partial charge in [0.15, 0.2) is 0 Å². The lowest BCUT2D eigenvalue weighted by atomic mass is 9.88. The van der Waals surface area contributed by atoms with Crippen LogP contribution in [-0.4, -0.2) is 51.5 Å². The van der Waals surface area contributed by atoms with E-state index in [4.69, 9.17) is 14.2 Å². The predicted octanol–water partition coefficient (Wildman–Crippen LogP) is 3.52. The molecule has 2 heterocycles. The summed E-state index contributed by atoms with van der Waals surface area (Å²) in [6, 6.07) is 11.8. The molecule has 1 N–H and O–H groups in total.